The molecule has 0 aromatic carbocycles. The van der Waals surface area contributed by atoms with Crippen LogP contribution in [0.3, 0.4) is 0 Å². The number of thioether (sulfide) groups is 2. The lowest BCUT2D eigenvalue weighted by Gasteiger charge is -2.38. The maximum atomic E-state index is 14.8. The predicted molar refractivity (Wildman–Crippen MR) is 198 cm³/mol. The Morgan fingerprint density at radius 2 is 1.67 bits per heavy atom. The summed E-state index contributed by atoms with van der Waals surface area (Å²) in [4.78, 5) is 78.9. The number of carbonyl (C=O) groups is 5. The van der Waals surface area contributed by atoms with Crippen LogP contribution in [0.5, 0.6) is 0 Å². The number of nitrogens with one attached hydrogen (secondary N) is 4. The van der Waals surface area contributed by atoms with E-state index in [0.29, 0.717) is 25.8 Å². The molecule has 5 unspecified atom stereocenters. The Hall–Kier alpha value is -2.91. The second-order valence-corrected chi connectivity index (χ2v) is 18.7. The molecule has 3 heterocycles. The normalized spacial score (nSPS) is 23.1. The molecule has 2 aliphatic carbocycles. The first kappa shape index (κ1) is 39.3. The molecule has 4 aliphatic rings. The van der Waals surface area contributed by atoms with Gasteiger partial charge in [-0.15, -0.1) is 23.5 Å². The lowest BCUT2D eigenvalue weighted by molar-refractivity contribution is -0.145. The van der Waals surface area contributed by atoms with Crippen molar-refractivity contribution < 1.29 is 29.1 Å². The number of hydrogen-bond donors (Lipinski definition) is 5. The van der Waals surface area contributed by atoms with Crippen molar-refractivity contribution in [2.45, 2.75) is 139 Å². The number of aliphatic hydroxyl groups excluding tert-OH is 1. The van der Waals surface area contributed by atoms with Crippen molar-refractivity contribution in [1.29, 1.82) is 0 Å². The Morgan fingerprint density at radius 3 is 2.27 bits per heavy atom. The molecule has 5 N–H and O–H groups in total. The van der Waals surface area contributed by atoms with Crippen LogP contribution in [0, 0.1) is 11.3 Å². The smallest absolute Gasteiger partial charge is 0.272 e. The zero-order valence-electron chi connectivity index (χ0n) is 30.3. The number of amides is 5. The Labute approximate surface area is 309 Å². The van der Waals surface area contributed by atoms with Crippen LogP contribution in [0.15, 0.2) is 18.6 Å². The zero-order chi connectivity index (χ0) is 36.8. The van der Waals surface area contributed by atoms with Crippen LogP contribution in [0.2, 0.25) is 0 Å². The predicted octanol–water partition coefficient (Wildman–Crippen LogP) is 2.78. The first-order valence-corrected chi connectivity index (χ1v) is 20.5. The van der Waals surface area contributed by atoms with E-state index in [-0.39, 0.29) is 27.6 Å². The van der Waals surface area contributed by atoms with Crippen molar-refractivity contribution in [3.8, 4) is 0 Å². The first-order chi connectivity index (χ1) is 24.3. The highest BCUT2D eigenvalue weighted by molar-refractivity contribution is 8.18. The van der Waals surface area contributed by atoms with Gasteiger partial charge in [-0.3, -0.25) is 29.0 Å². The van der Waals surface area contributed by atoms with Gasteiger partial charge >= 0.3 is 0 Å². The third-order valence-electron chi connectivity index (χ3n) is 10.3. The summed E-state index contributed by atoms with van der Waals surface area (Å²) in [6, 6.07) is -3.50. The van der Waals surface area contributed by atoms with Crippen molar-refractivity contribution in [1.82, 2.24) is 36.1 Å². The second-order valence-electron chi connectivity index (χ2n) is 15.5. The minimum absolute atomic E-state index is 0.0656. The van der Waals surface area contributed by atoms with Gasteiger partial charge in [-0.05, 0) is 61.4 Å². The fourth-order valence-electron chi connectivity index (χ4n) is 7.27. The lowest BCUT2D eigenvalue weighted by Crippen LogP contribution is -2.62. The van der Waals surface area contributed by atoms with Gasteiger partial charge in [0.15, 0.2) is 6.10 Å². The Bertz CT molecular complexity index is 1400. The van der Waals surface area contributed by atoms with Crippen molar-refractivity contribution in [3.63, 3.8) is 0 Å². The fraction of sp³-hybridized carbons (Fsp3) is 0.750. The molecule has 5 amide bonds. The highest BCUT2D eigenvalue weighted by Gasteiger charge is 2.53. The van der Waals surface area contributed by atoms with Gasteiger partial charge in [0.2, 0.25) is 17.7 Å². The SMILES string of the molecule is CCCC(NC(=O)C1CC2(CN1C(=O)C(NC(=O)C(NC(=O)c1cnccn1)C1CCCCC1)C(C)(C)C)SCCCS2)C(O)C(=O)NC1CC1. The molecule has 2 saturated heterocycles. The van der Waals surface area contributed by atoms with E-state index < -0.39 is 59.3 Å². The molecule has 51 heavy (non-hydrogen) atoms. The molecular formula is C36H55N7O6S2. The van der Waals surface area contributed by atoms with Crippen molar-refractivity contribution in [3.05, 3.63) is 24.3 Å². The minimum atomic E-state index is -1.41. The van der Waals surface area contributed by atoms with Gasteiger partial charge in [0.25, 0.3) is 11.8 Å². The molecule has 2 aliphatic heterocycles. The van der Waals surface area contributed by atoms with Gasteiger partial charge in [-0.25, -0.2) is 4.98 Å². The number of carbonyl (C=O) groups excluding carboxylic acids is 5. The molecule has 5 atom stereocenters. The van der Waals surface area contributed by atoms with Crippen LogP contribution in [-0.2, 0) is 19.2 Å². The maximum Gasteiger partial charge on any atom is 0.272 e. The third-order valence-corrected chi connectivity index (χ3v) is 13.6. The quantitative estimate of drug-likeness (QED) is 0.201. The average Bonchev–Trinajstić information content (AvgIpc) is 3.87. The number of rotatable bonds is 13. The third kappa shape index (κ3) is 10.2. The lowest BCUT2D eigenvalue weighted by atomic mass is 9.82. The van der Waals surface area contributed by atoms with Gasteiger partial charge in [-0.2, -0.15) is 0 Å². The summed E-state index contributed by atoms with van der Waals surface area (Å²) in [6.07, 6.45) is 11.5. The summed E-state index contributed by atoms with van der Waals surface area (Å²) >= 11 is 3.52. The summed E-state index contributed by atoms with van der Waals surface area (Å²) in [5.74, 6) is -0.535. The monoisotopic (exact) mass is 745 g/mol. The van der Waals surface area contributed by atoms with Crippen LogP contribution in [0.25, 0.3) is 0 Å². The van der Waals surface area contributed by atoms with Gasteiger partial charge < -0.3 is 31.3 Å². The highest BCUT2D eigenvalue weighted by atomic mass is 32.2. The van der Waals surface area contributed by atoms with Gasteiger partial charge in [0.1, 0.15) is 23.8 Å². The number of hydrogen-bond acceptors (Lipinski definition) is 10. The van der Waals surface area contributed by atoms with Gasteiger partial charge in [0, 0.05) is 31.4 Å². The number of aromatic nitrogens is 2. The molecular weight excluding hydrogens is 691 g/mol. The fourth-order valence-corrected chi connectivity index (χ4v) is 10.6. The van der Waals surface area contributed by atoms with E-state index in [1.165, 1.54) is 18.6 Å². The molecule has 4 fully saturated rings. The number of nitrogens with zero attached hydrogens (tertiary/aromatic N) is 3. The second kappa shape index (κ2) is 17.3. The van der Waals surface area contributed by atoms with Crippen LogP contribution in [-0.4, -0.2) is 108 Å². The summed E-state index contributed by atoms with van der Waals surface area (Å²) in [5.41, 5.74) is -0.644. The Morgan fingerprint density at radius 1 is 0.961 bits per heavy atom. The van der Waals surface area contributed by atoms with Crippen molar-refractivity contribution in [2.24, 2.45) is 11.3 Å². The average molecular weight is 746 g/mol. The summed E-state index contributed by atoms with van der Waals surface area (Å²) in [7, 11) is 0. The maximum absolute atomic E-state index is 14.8. The largest absolute Gasteiger partial charge is 0.381 e. The van der Waals surface area contributed by atoms with E-state index >= 15 is 0 Å². The van der Waals surface area contributed by atoms with Crippen LogP contribution < -0.4 is 21.3 Å². The van der Waals surface area contributed by atoms with E-state index in [0.717, 1.165) is 62.9 Å². The summed E-state index contributed by atoms with van der Waals surface area (Å²) in [6.45, 7) is 7.87. The topological polar surface area (TPSA) is 183 Å². The molecule has 13 nitrogen and oxygen atoms in total. The zero-order valence-corrected chi connectivity index (χ0v) is 32.0. The van der Waals surface area contributed by atoms with Crippen molar-refractivity contribution >= 4 is 53.1 Å². The van der Waals surface area contributed by atoms with Crippen molar-refractivity contribution in [2.75, 3.05) is 18.1 Å². The van der Waals surface area contributed by atoms with Gasteiger partial charge in [-0.1, -0.05) is 53.4 Å². The number of aliphatic hydroxyl groups is 1. The Kier molecular flexibility index (Phi) is 13.3. The summed E-state index contributed by atoms with van der Waals surface area (Å²) < 4.78 is -0.389. The summed E-state index contributed by atoms with van der Waals surface area (Å²) in [5, 5.41) is 22.7. The molecule has 1 aromatic heterocycles. The molecule has 1 spiro atoms. The van der Waals surface area contributed by atoms with Crippen LogP contribution in [0.1, 0.15) is 109 Å². The Balaban J connectivity index is 1.38. The van der Waals surface area contributed by atoms with Crippen LogP contribution >= 0.6 is 23.5 Å². The van der Waals surface area contributed by atoms with E-state index in [9.17, 15) is 29.1 Å². The molecule has 5 rings (SSSR count). The van der Waals surface area contributed by atoms with E-state index in [4.69, 9.17) is 0 Å². The van der Waals surface area contributed by atoms with Gasteiger partial charge in [0.05, 0.1) is 16.3 Å². The van der Waals surface area contributed by atoms with E-state index in [1.54, 1.807) is 28.4 Å². The highest BCUT2D eigenvalue weighted by Crippen LogP contribution is 2.50. The minimum Gasteiger partial charge on any atom is -0.381 e. The van der Waals surface area contributed by atoms with E-state index in [1.807, 2.05) is 27.7 Å². The molecule has 15 heteroatoms. The molecule has 1 aromatic rings. The standard InChI is InChI=1S/C36H55N7O6S2/c1-5-10-24(28(44)33(48)39-23-13-14-23)40-31(46)26-19-36(50-17-9-18-51-36)21-43(26)34(49)29(35(2,3)4)42-32(47)27(22-11-7-6-8-12-22)41-30(45)25-20-37-15-16-38-25/h15-16,20,22-24,26-29,44H,5-14,17-19,21H2,1-4H3,(H,39,48)(H,40,46)(H,41,45)(H,42,47). The van der Waals surface area contributed by atoms with Crippen LogP contribution in [0.4, 0.5) is 0 Å². The molecule has 0 radical (unpaired) electrons. The first-order valence-electron chi connectivity index (χ1n) is 18.6. The molecule has 2 saturated carbocycles. The molecule has 0 bridgehead atoms. The van der Waals surface area contributed by atoms with E-state index in [2.05, 4.69) is 31.2 Å². The molecule has 282 valence electrons. The number of likely N-dealkylation sites (tertiary alicyclic amines) is 1.